The molecule has 0 unspecified atom stereocenters. The van der Waals surface area contributed by atoms with Crippen LogP contribution >= 0.6 is 22.3 Å². The van der Waals surface area contributed by atoms with Crippen molar-refractivity contribution < 1.29 is 12.8 Å². The van der Waals surface area contributed by atoms with Gasteiger partial charge in [-0.2, -0.15) is 0 Å². The molecular weight excluding hydrogens is 262 g/mol. The zero-order valence-electron chi connectivity index (χ0n) is 7.45. The van der Waals surface area contributed by atoms with E-state index in [1.165, 1.54) is 24.3 Å². The minimum Gasteiger partial charge on any atom is -0.212 e. The van der Waals surface area contributed by atoms with Gasteiger partial charge in [0.25, 0.3) is 0 Å². The Balaban J connectivity index is 2.82. The zero-order chi connectivity index (χ0) is 11.5. The lowest BCUT2D eigenvalue weighted by molar-refractivity contribution is 0.612. The topological polar surface area (TPSA) is 34.1 Å². The lowest BCUT2D eigenvalue weighted by Crippen LogP contribution is -1.92. The van der Waals surface area contributed by atoms with Gasteiger partial charge in [0.05, 0.1) is 10.8 Å². The molecule has 0 aliphatic carbocycles. The molecule has 0 amide bonds. The summed E-state index contributed by atoms with van der Waals surface area (Å²) in [6, 6.07) is 3.84. The Labute approximate surface area is 96.7 Å². The molecule has 0 saturated heterocycles. The lowest BCUT2D eigenvalue weighted by atomic mass is 10.2. The molecule has 1 aromatic carbocycles. The summed E-state index contributed by atoms with van der Waals surface area (Å²) in [4.78, 5) is 0. The fourth-order valence-electron chi connectivity index (χ4n) is 0.927. The van der Waals surface area contributed by atoms with Crippen LogP contribution in [-0.4, -0.2) is 14.2 Å². The van der Waals surface area contributed by atoms with E-state index in [2.05, 4.69) is 0 Å². The van der Waals surface area contributed by atoms with E-state index in [0.717, 1.165) is 6.07 Å². The first kappa shape index (κ1) is 12.5. The van der Waals surface area contributed by atoms with Crippen molar-refractivity contribution in [2.24, 2.45) is 0 Å². The van der Waals surface area contributed by atoms with Gasteiger partial charge in [0.15, 0.2) is 0 Å². The van der Waals surface area contributed by atoms with Gasteiger partial charge >= 0.3 is 0 Å². The van der Waals surface area contributed by atoms with Crippen molar-refractivity contribution in [1.29, 1.82) is 0 Å². The van der Waals surface area contributed by atoms with Gasteiger partial charge in [0, 0.05) is 10.7 Å². The molecule has 0 atom stereocenters. The highest BCUT2D eigenvalue weighted by Crippen LogP contribution is 2.18. The summed E-state index contributed by atoms with van der Waals surface area (Å²) in [5.41, 5.74) is 0.540. The first-order valence-electron chi connectivity index (χ1n) is 3.92. The van der Waals surface area contributed by atoms with E-state index in [4.69, 9.17) is 22.3 Å². The third-order valence-electron chi connectivity index (χ3n) is 1.56. The first-order valence-corrected chi connectivity index (χ1v) is 6.78. The molecular formula is C9H7Cl2FO2S. The van der Waals surface area contributed by atoms with Gasteiger partial charge in [0.1, 0.15) is 5.82 Å². The van der Waals surface area contributed by atoms with Crippen LogP contribution in [0.3, 0.4) is 0 Å². The number of rotatable bonds is 3. The van der Waals surface area contributed by atoms with Crippen molar-refractivity contribution >= 4 is 37.4 Å². The van der Waals surface area contributed by atoms with Crippen LogP contribution in [0.5, 0.6) is 0 Å². The van der Waals surface area contributed by atoms with E-state index >= 15 is 0 Å². The minimum atomic E-state index is -3.55. The molecule has 0 saturated carbocycles. The second kappa shape index (κ2) is 4.96. The van der Waals surface area contributed by atoms with Crippen molar-refractivity contribution in [3.8, 4) is 0 Å². The molecule has 0 spiro atoms. The summed E-state index contributed by atoms with van der Waals surface area (Å²) < 4.78 is 33.8. The predicted octanol–water partition coefficient (Wildman–Crippen LogP) is 3.06. The van der Waals surface area contributed by atoms with E-state index < -0.39 is 14.9 Å². The van der Waals surface area contributed by atoms with Crippen LogP contribution in [0.4, 0.5) is 4.39 Å². The second-order valence-corrected chi connectivity index (χ2v) is 6.00. The van der Waals surface area contributed by atoms with E-state index in [1.807, 2.05) is 0 Å². The standard InChI is InChI=1S/C9H7Cl2FO2S/c10-9-6-8(12)4-3-7(9)2-1-5-15(11,13)14/h1-4,6H,5H2. The lowest BCUT2D eigenvalue weighted by Gasteiger charge is -1.97. The largest absolute Gasteiger partial charge is 0.236 e. The molecule has 0 aliphatic rings. The Hall–Kier alpha value is -0.580. The van der Waals surface area contributed by atoms with Crippen LogP contribution in [0.1, 0.15) is 5.56 Å². The van der Waals surface area contributed by atoms with Gasteiger partial charge in [0.2, 0.25) is 9.05 Å². The maximum atomic E-state index is 12.6. The molecule has 1 aromatic rings. The molecule has 0 aromatic heterocycles. The minimum absolute atomic E-state index is 0.221. The summed E-state index contributed by atoms with van der Waals surface area (Å²) in [5, 5.41) is 0.221. The summed E-state index contributed by atoms with van der Waals surface area (Å²) in [5.74, 6) is -0.732. The van der Waals surface area contributed by atoms with Gasteiger partial charge in [-0.3, -0.25) is 0 Å². The highest BCUT2D eigenvalue weighted by Gasteiger charge is 2.01. The first-order chi connectivity index (χ1) is 6.88. The number of benzene rings is 1. The molecule has 0 fully saturated rings. The molecule has 2 nitrogen and oxygen atoms in total. The van der Waals surface area contributed by atoms with Gasteiger partial charge < -0.3 is 0 Å². The highest BCUT2D eigenvalue weighted by molar-refractivity contribution is 8.13. The van der Waals surface area contributed by atoms with Crippen molar-refractivity contribution in [3.63, 3.8) is 0 Å². The molecule has 0 heterocycles. The molecule has 82 valence electrons. The third kappa shape index (κ3) is 4.64. The van der Waals surface area contributed by atoms with Crippen molar-refractivity contribution in [1.82, 2.24) is 0 Å². The maximum absolute atomic E-state index is 12.6. The van der Waals surface area contributed by atoms with Gasteiger partial charge in [-0.15, -0.1) is 0 Å². The Morgan fingerprint density at radius 1 is 1.40 bits per heavy atom. The Bertz CT molecular complexity index is 483. The Morgan fingerprint density at radius 3 is 2.60 bits per heavy atom. The van der Waals surface area contributed by atoms with Crippen molar-refractivity contribution in [3.05, 3.63) is 40.7 Å². The number of hydrogen-bond acceptors (Lipinski definition) is 2. The quantitative estimate of drug-likeness (QED) is 0.790. The van der Waals surface area contributed by atoms with Crippen LogP contribution in [0.2, 0.25) is 5.02 Å². The van der Waals surface area contributed by atoms with Gasteiger partial charge in [-0.05, 0) is 17.7 Å². The number of hydrogen-bond donors (Lipinski definition) is 0. The third-order valence-corrected chi connectivity index (χ3v) is 2.85. The average molecular weight is 269 g/mol. The fraction of sp³-hybridized carbons (Fsp3) is 0.111. The maximum Gasteiger partial charge on any atom is 0.236 e. The highest BCUT2D eigenvalue weighted by atomic mass is 35.7. The molecule has 0 N–H and O–H groups in total. The summed E-state index contributed by atoms with van der Waals surface area (Å²) in [6.45, 7) is 0. The number of halogens is 3. The van der Waals surface area contributed by atoms with Crippen LogP contribution in [0.15, 0.2) is 24.3 Å². The van der Waals surface area contributed by atoms with E-state index in [9.17, 15) is 12.8 Å². The summed E-state index contributed by atoms with van der Waals surface area (Å²) >= 11 is 5.71. The van der Waals surface area contributed by atoms with Crippen LogP contribution in [0.25, 0.3) is 6.08 Å². The van der Waals surface area contributed by atoms with Crippen molar-refractivity contribution in [2.45, 2.75) is 0 Å². The van der Waals surface area contributed by atoms with Gasteiger partial charge in [-0.1, -0.05) is 29.8 Å². The molecule has 0 bridgehead atoms. The van der Waals surface area contributed by atoms with Gasteiger partial charge in [-0.25, -0.2) is 12.8 Å². The molecule has 1 rings (SSSR count). The van der Waals surface area contributed by atoms with Crippen LogP contribution in [-0.2, 0) is 9.05 Å². The SMILES string of the molecule is O=S(=O)(Cl)CC=Cc1ccc(F)cc1Cl. The monoisotopic (exact) mass is 268 g/mol. The van der Waals surface area contributed by atoms with Crippen LogP contribution in [0, 0.1) is 5.82 Å². The molecule has 0 radical (unpaired) electrons. The molecule has 15 heavy (non-hydrogen) atoms. The van der Waals surface area contributed by atoms with Crippen molar-refractivity contribution in [2.75, 3.05) is 5.75 Å². The van der Waals surface area contributed by atoms with Crippen LogP contribution < -0.4 is 0 Å². The smallest absolute Gasteiger partial charge is 0.212 e. The molecule has 0 aliphatic heterocycles. The summed E-state index contributed by atoms with van der Waals surface area (Å²) in [7, 11) is 1.45. The molecule has 6 heteroatoms. The zero-order valence-corrected chi connectivity index (χ0v) is 9.78. The Morgan fingerprint density at radius 2 is 2.07 bits per heavy atom. The fourth-order valence-corrected chi connectivity index (χ4v) is 1.70. The van der Waals surface area contributed by atoms with E-state index in [0.29, 0.717) is 5.56 Å². The predicted molar refractivity (Wildman–Crippen MR) is 60.1 cm³/mol. The summed E-state index contributed by atoms with van der Waals surface area (Å²) in [6.07, 6.45) is 2.82. The average Bonchev–Trinajstić information content (AvgIpc) is 2.07. The Kier molecular flexibility index (Phi) is 4.13. The second-order valence-electron chi connectivity index (χ2n) is 2.77. The normalized spacial score (nSPS) is 12.2. The van der Waals surface area contributed by atoms with E-state index in [-0.39, 0.29) is 10.8 Å². The van der Waals surface area contributed by atoms with E-state index in [1.54, 1.807) is 0 Å².